The van der Waals surface area contributed by atoms with Gasteiger partial charge < -0.3 is 9.80 Å². The molecule has 2 aromatic rings. The largest absolute Gasteiger partial charge is 0.338 e. The Kier molecular flexibility index (Phi) is 6.63. The molecule has 1 N–H and O–H groups in total. The first-order valence-electron chi connectivity index (χ1n) is 10.7. The summed E-state index contributed by atoms with van der Waals surface area (Å²) in [6, 6.07) is 8.94. The van der Waals surface area contributed by atoms with Crippen LogP contribution in [0.2, 0.25) is 10.0 Å². The molecule has 1 unspecified atom stereocenters. The minimum absolute atomic E-state index is 0.0635. The maximum absolute atomic E-state index is 13.4. The lowest BCUT2D eigenvalue weighted by atomic mass is 9.95. The van der Waals surface area contributed by atoms with E-state index in [1.807, 2.05) is 33.4 Å². The van der Waals surface area contributed by atoms with E-state index in [1.165, 1.54) is 11.3 Å². The van der Waals surface area contributed by atoms with E-state index in [9.17, 15) is 9.59 Å². The van der Waals surface area contributed by atoms with Gasteiger partial charge in [0.05, 0.1) is 23.1 Å². The average Bonchev–Trinajstić information content (AvgIpc) is 3.34. The normalized spacial score (nSPS) is 20.8. The molecule has 166 valence electrons. The van der Waals surface area contributed by atoms with Crippen LogP contribution in [0.1, 0.15) is 48.3 Å². The Bertz CT molecular complexity index is 935. The number of rotatable bonds is 5. The number of piperidine rings is 1. The Morgan fingerprint density at radius 2 is 1.87 bits per heavy atom. The molecule has 4 rings (SSSR count). The van der Waals surface area contributed by atoms with Gasteiger partial charge in [-0.2, -0.15) is 0 Å². The first-order valence-corrected chi connectivity index (χ1v) is 12.3. The highest BCUT2D eigenvalue weighted by atomic mass is 35.5. The molecule has 2 fully saturated rings. The first kappa shape index (κ1) is 22.6. The quantitative estimate of drug-likeness (QED) is 0.653. The lowest BCUT2D eigenvalue weighted by Crippen LogP contribution is -2.59. The first-order chi connectivity index (χ1) is 14.8. The summed E-state index contributed by atoms with van der Waals surface area (Å²) in [6.07, 6.45) is 2.12. The van der Waals surface area contributed by atoms with Gasteiger partial charge in [-0.15, -0.1) is 11.3 Å². The molecule has 2 amide bonds. The summed E-state index contributed by atoms with van der Waals surface area (Å²) in [5, 5.41) is 6.69. The molecule has 1 atom stereocenters. The molecule has 0 aliphatic carbocycles. The Morgan fingerprint density at radius 1 is 1.19 bits per heavy atom. The fourth-order valence-electron chi connectivity index (χ4n) is 4.61. The van der Waals surface area contributed by atoms with E-state index in [0.29, 0.717) is 48.4 Å². The topological polar surface area (TPSA) is 52.7 Å². The molecule has 1 spiro atoms. The van der Waals surface area contributed by atoms with Crippen LogP contribution in [0, 0.1) is 5.92 Å². The summed E-state index contributed by atoms with van der Waals surface area (Å²) in [5.74, 6) is 0.541. The molecule has 5 nitrogen and oxygen atoms in total. The minimum Gasteiger partial charge on any atom is -0.338 e. The van der Waals surface area contributed by atoms with Crippen LogP contribution in [0.4, 0.5) is 0 Å². The van der Waals surface area contributed by atoms with Crippen LogP contribution in [0.15, 0.2) is 35.7 Å². The van der Waals surface area contributed by atoms with Crippen molar-refractivity contribution >= 4 is 46.4 Å². The zero-order valence-corrected chi connectivity index (χ0v) is 20.1. The van der Waals surface area contributed by atoms with Crippen LogP contribution in [0.3, 0.4) is 0 Å². The van der Waals surface area contributed by atoms with Crippen LogP contribution < -0.4 is 5.32 Å². The van der Waals surface area contributed by atoms with Gasteiger partial charge in [0.1, 0.15) is 0 Å². The van der Waals surface area contributed by atoms with E-state index in [4.69, 9.17) is 23.2 Å². The van der Waals surface area contributed by atoms with Gasteiger partial charge in [0.2, 0.25) is 5.91 Å². The predicted octanol–water partition coefficient (Wildman–Crippen LogP) is 5.03. The Morgan fingerprint density at radius 3 is 2.45 bits per heavy atom. The minimum atomic E-state index is -0.495. The molecule has 3 heterocycles. The third kappa shape index (κ3) is 4.49. The van der Waals surface area contributed by atoms with E-state index < -0.39 is 5.66 Å². The van der Waals surface area contributed by atoms with Gasteiger partial charge in [0.25, 0.3) is 5.91 Å². The fraction of sp³-hybridized carbons (Fsp3) is 0.478. The van der Waals surface area contributed by atoms with Gasteiger partial charge in [-0.1, -0.05) is 49.2 Å². The van der Waals surface area contributed by atoms with Crippen molar-refractivity contribution < 1.29 is 9.59 Å². The maximum atomic E-state index is 13.4. The van der Waals surface area contributed by atoms with Gasteiger partial charge in [0, 0.05) is 41.5 Å². The van der Waals surface area contributed by atoms with Crippen molar-refractivity contribution in [3.63, 3.8) is 0 Å². The number of carbonyl (C=O) groups is 2. The Balaban J connectivity index is 1.58. The smallest absolute Gasteiger partial charge is 0.263 e. The van der Waals surface area contributed by atoms with Crippen molar-refractivity contribution in [1.29, 1.82) is 0 Å². The van der Waals surface area contributed by atoms with Gasteiger partial charge in [-0.25, -0.2) is 0 Å². The standard InChI is InChI=1S/C23H27Cl2N3O2S/c1-15(2)13-19-21(29)28(14-16-17(24)5-3-6-18(16)25)23(26-19)8-10-27(11-9-23)22(30)20-7-4-12-31-20/h3-7,12,15,19,26H,8-11,13-14H2,1-2H3. The summed E-state index contributed by atoms with van der Waals surface area (Å²) in [7, 11) is 0. The van der Waals surface area contributed by atoms with Crippen molar-refractivity contribution in [2.45, 2.75) is 51.4 Å². The van der Waals surface area contributed by atoms with Crippen molar-refractivity contribution in [2.24, 2.45) is 5.92 Å². The lowest BCUT2D eigenvalue weighted by molar-refractivity contribution is -0.134. The monoisotopic (exact) mass is 479 g/mol. The predicted molar refractivity (Wildman–Crippen MR) is 126 cm³/mol. The number of benzene rings is 1. The van der Waals surface area contributed by atoms with Crippen LogP contribution in [0.5, 0.6) is 0 Å². The second-order valence-corrected chi connectivity index (χ2v) is 10.5. The zero-order valence-electron chi connectivity index (χ0n) is 17.7. The second-order valence-electron chi connectivity index (χ2n) is 8.75. The number of thiophene rings is 1. The van der Waals surface area contributed by atoms with Crippen molar-refractivity contribution in [3.05, 3.63) is 56.2 Å². The number of halogens is 2. The molecule has 8 heteroatoms. The van der Waals surface area contributed by atoms with Gasteiger partial charge in [-0.05, 0) is 35.9 Å². The SMILES string of the molecule is CC(C)CC1NC2(CCN(C(=O)c3cccs3)CC2)N(Cc2c(Cl)cccc2Cl)C1=O. The zero-order chi connectivity index (χ0) is 22.2. The molecule has 0 bridgehead atoms. The van der Waals surface area contributed by atoms with Crippen LogP contribution >= 0.6 is 34.5 Å². The van der Waals surface area contributed by atoms with Crippen molar-refractivity contribution in [3.8, 4) is 0 Å². The molecular formula is C23H27Cl2N3O2S. The summed E-state index contributed by atoms with van der Waals surface area (Å²) < 4.78 is 0. The molecule has 1 aromatic carbocycles. The number of hydrogen-bond donors (Lipinski definition) is 1. The Labute approximate surface area is 197 Å². The highest BCUT2D eigenvalue weighted by Gasteiger charge is 2.52. The van der Waals surface area contributed by atoms with Crippen molar-refractivity contribution in [1.82, 2.24) is 15.1 Å². The van der Waals surface area contributed by atoms with E-state index >= 15 is 0 Å². The highest BCUT2D eigenvalue weighted by Crippen LogP contribution is 2.37. The Hall–Kier alpha value is -1.60. The van der Waals surface area contributed by atoms with Crippen LogP contribution in [0.25, 0.3) is 0 Å². The van der Waals surface area contributed by atoms with Crippen molar-refractivity contribution in [2.75, 3.05) is 13.1 Å². The highest BCUT2D eigenvalue weighted by molar-refractivity contribution is 7.12. The lowest BCUT2D eigenvalue weighted by Gasteiger charge is -2.44. The summed E-state index contributed by atoms with van der Waals surface area (Å²) in [6.45, 7) is 5.79. The molecule has 2 aliphatic rings. The fourth-order valence-corrected chi connectivity index (χ4v) is 5.82. The second kappa shape index (κ2) is 9.10. The third-order valence-electron chi connectivity index (χ3n) is 6.22. The molecule has 1 aromatic heterocycles. The molecule has 2 aliphatic heterocycles. The van der Waals surface area contributed by atoms with E-state index in [0.717, 1.165) is 16.9 Å². The number of nitrogens with one attached hydrogen (secondary N) is 1. The number of hydrogen-bond acceptors (Lipinski definition) is 4. The van der Waals surface area contributed by atoms with E-state index in [2.05, 4.69) is 19.2 Å². The van der Waals surface area contributed by atoms with Gasteiger partial charge in [-0.3, -0.25) is 14.9 Å². The third-order valence-corrected chi connectivity index (χ3v) is 7.78. The number of amides is 2. The van der Waals surface area contributed by atoms with Gasteiger partial charge in [0.15, 0.2) is 0 Å². The van der Waals surface area contributed by atoms with E-state index in [-0.39, 0.29) is 17.9 Å². The van der Waals surface area contributed by atoms with Crippen LogP contribution in [-0.2, 0) is 11.3 Å². The molecule has 2 saturated heterocycles. The van der Waals surface area contributed by atoms with Crippen LogP contribution in [-0.4, -0.2) is 46.4 Å². The molecule has 31 heavy (non-hydrogen) atoms. The van der Waals surface area contributed by atoms with Gasteiger partial charge >= 0.3 is 0 Å². The average molecular weight is 480 g/mol. The molecule has 0 radical (unpaired) electrons. The van der Waals surface area contributed by atoms with E-state index in [1.54, 1.807) is 12.1 Å². The number of likely N-dealkylation sites (tertiary alicyclic amines) is 1. The molecular weight excluding hydrogens is 453 g/mol. The number of carbonyl (C=O) groups excluding carboxylic acids is 2. The number of nitrogens with zero attached hydrogens (tertiary/aromatic N) is 2. The summed E-state index contributed by atoms with van der Waals surface area (Å²) >= 11 is 14.3. The summed E-state index contributed by atoms with van der Waals surface area (Å²) in [5.41, 5.74) is 0.272. The summed E-state index contributed by atoms with van der Waals surface area (Å²) in [4.78, 5) is 30.8. The molecule has 0 saturated carbocycles. The maximum Gasteiger partial charge on any atom is 0.263 e.